The van der Waals surface area contributed by atoms with Gasteiger partial charge < -0.3 is 15.4 Å². The first-order chi connectivity index (χ1) is 10.3. The smallest absolute Gasteiger partial charge is 0.231 e. The Morgan fingerprint density at radius 3 is 2.62 bits per heavy atom. The Kier molecular flexibility index (Phi) is 3.88. The van der Waals surface area contributed by atoms with Gasteiger partial charge in [-0.15, -0.1) is 0 Å². The third kappa shape index (κ3) is 2.90. The maximum Gasteiger partial charge on any atom is 0.231 e. The number of benzene rings is 2. The third-order valence-corrected chi connectivity index (χ3v) is 3.67. The summed E-state index contributed by atoms with van der Waals surface area (Å²) in [4.78, 5) is 13.8. The normalized spacial score (nSPS) is 13.4. The SMILES string of the molecule is NCc1ccc(OCCN2C(=O)Cc3ccccc32)cc1. The van der Waals surface area contributed by atoms with E-state index in [1.54, 1.807) is 4.90 Å². The molecule has 1 heterocycles. The number of nitrogens with zero attached hydrogens (tertiary/aromatic N) is 1. The second-order valence-electron chi connectivity index (χ2n) is 5.05. The summed E-state index contributed by atoms with van der Waals surface area (Å²) in [5.41, 5.74) is 8.73. The van der Waals surface area contributed by atoms with Crippen molar-refractivity contribution >= 4 is 11.6 Å². The van der Waals surface area contributed by atoms with Gasteiger partial charge in [0, 0.05) is 12.2 Å². The van der Waals surface area contributed by atoms with Gasteiger partial charge in [-0.1, -0.05) is 30.3 Å². The predicted octanol–water partition coefficient (Wildman–Crippen LogP) is 2.11. The van der Waals surface area contributed by atoms with Crippen LogP contribution in [-0.4, -0.2) is 19.1 Å². The highest BCUT2D eigenvalue weighted by Gasteiger charge is 2.26. The second-order valence-corrected chi connectivity index (χ2v) is 5.05. The van der Waals surface area contributed by atoms with Gasteiger partial charge in [0.1, 0.15) is 12.4 Å². The molecule has 0 aromatic heterocycles. The van der Waals surface area contributed by atoms with Crippen molar-refractivity contribution in [3.05, 3.63) is 59.7 Å². The molecular formula is C17H18N2O2. The first-order valence-corrected chi connectivity index (χ1v) is 7.08. The van der Waals surface area contributed by atoms with Crippen molar-refractivity contribution in [3.8, 4) is 5.75 Å². The van der Waals surface area contributed by atoms with Crippen LogP contribution in [0.15, 0.2) is 48.5 Å². The van der Waals surface area contributed by atoms with Crippen LogP contribution in [0, 0.1) is 0 Å². The van der Waals surface area contributed by atoms with Gasteiger partial charge >= 0.3 is 0 Å². The molecule has 0 spiro atoms. The van der Waals surface area contributed by atoms with Crippen molar-refractivity contribution in [2.75, 3.05) is 18.1 Å². The van der Waals surface area contributed by atoms with Crippen LogP contribution in [0.25, 0.3) is 0 Å². The zero-order chi connectivity index (χ0) is 14.7. The van der Waals surface area contributed by atoms with E-state index in [0.29, 0.717) is 26.1 Å². The highest BCUT2D eigenvalue weighted by molar-refractivity contribution is 6.01. The van der Waals surface area contributed by atoms with Crippen LogP contribution in [0.5, 0.6) is 5.75 Å². The minimum absolute atomic E-state index is 0.137. The van der Waals surface area contributed by atoms with Crippen molar-refractivity contribution in [1.29, 1.82) is 0 Å². The number of ether oxygens (including phenoxy) is 1. The van der Waals surface area contributed by atoms with E-state index in [9.17, 15) is 4.79 Å². The number of para-hydroxylation sites is 1. The third-order valence-electron chi connectivity index (χ3n) is 3.67. The molecule has 1 aliphatic rings. The van der Waals surface area contributed by atoms with Crippen LogP contribution in [0.4, 0.5) is 5.69 Å². The number of hydrogen-bond acceptors (Lipinski definition) is 3. The van der Waals surface area contributed by atoms with E-state index < -0.39 is 0 Å². The predicted molar refractivity (Wildman–Crippen MR) is 82.3 cm³/mol. The average Bonchev–Trinajstić information content (AvgIpc) is 2.84. The summed E-state index contributed by atoms with van der Waals surface area (Å²) in [5, 5.41) is 0. The Balaban J connectivity index is 1.59. The maximum absolute atomic E-state index is 12.0. The zero-order valence-electron chi connectivity index (χ0n) is 11.8. The standard InChI is InChI=1S/C17H18N2O2/c18-12-13-5-7-15(8-6-13)21-10-9-19-16-4-2-1-3-14(16)11-17(19)20/h1-8H,9-12,18H2. The summed E-state index contributed by atoms with van der Waals surface area (Å²) in [7, 11) is 0. The van der Waals surface area contributed by atoms with Gasteiger partial charge in [0.15, 0.2) is 0 Å². The number of nitrogens with two attached hydrogens (primary N) is 1. The average molecular weight is 282 g/mol. The number of amides is 1. The lowest BCUT2D eigenvalue weighted by Gasteiger charge is -2.17. The van der Waals surface area contributed by atoms with Crippen molar-refractivity contribution in [2.24, 2.45) is 5.73 Å². The molecule has 0 bridgehead atoms. The fraction of sp³-hybridized carbons (Fsp3) is 0.235. The number of carbonyl (C=O) groups excluding carboxylic acids is 1. The van der Waals surface area contributed by atoms with Crippen molar-refractivity contribution in [2.45, 2.75) is 13.0 Å². The number of fused-ring (bicyclic) bond motifs is 1. The topological polar surface area (TPSA) is 55.6 Å². The largest absolute Gasteiger partial charge is 0.492 e. The van der Waals surface area contributed by atoms with Crippen LogP contribution in [-0.2, 0) is 17.8 Å². The molecule has 0 unspecified atom stereocenters. The molecule has 0 fully saturated rings. The monoisotopic (exact) mass is 282 g/mol. The molecule has 3 rings (SSSR count). The molecular weight excluding hydrogens is 264 g/mol. The first kappa shape index (κ1) is 13.6. The van der Waals surface area contributed by atoms with E-state index >= 15 is 0 Å². The minimum atomic E-state index is 0.137. The van der Waals surface area contributed by atoms with Crippen LogP contribution in [0.3, 0.4) is 0 Å². The van der Waals surface area contributed by atoms with Crippen LogP contribution < -0.4 is 15.4 Å². The van der Waals surface area contributed by atoms with Gasteiger partial charge in [0.05, 0.1) is 13.0 Å². The van der Waals surface area contributed by atoms with E-state index in [2.05, 4.69) is 0 Å². The summed E-state index contributed by atoms with van der Waals surface area (Å²) in [6.07, 6.45) is 0.487. The number of carbonyl (C=O) groups is 1. The van der Waals surface area contributed by atoms with Crippen molar-refractivity contribution in [1.82, 2.24) is 0 Å². The van der Waals surface area contributed by atoms with Gasteiger partial charge in [-0.3, -0.25) is 4.79 Å². The van der Waals surface area contributed by atoms with Crippen molar-refractivity contribution in [3.63, 3.8) is 0 Å². The Morgan fingerprint density at radius 2 is 1.86 bits per heavy atom. The fourth-order valence-corrected chi connectivity index (χ4v) is 2.54. The summed E-state index contributed by atoms with van der Waals surface area (Å²) in [6, 6.07) is 15.6. The molecule has 1 aliphatic heterocycles. The summed E-state index contributed by atoms with van der Waals surface area (Å²) < 4.78 is 5.70. The Bertz CT molecular complexity index is 637. The summed E-state index contributed by atoms with van der Waals surface area (Å²) >= 11 is 0. The molecule has 0 radical (unpaired) electrons. The molecule has 0 aliphatic carbocycles. The summed E-state index contributed by atoms with van der Waals surface area (Å²) in [5.74, 6) is 0.936. The first-order valence-electron chi connectivity index (χ1n) is 7.08. The molecule has 0 saturated carbocycles. The van der Waals surface area contributed by atoms with Crippen LogP contribution in [0.1, 0.15) is 11.1 Å². The van der Waals surface area contributed by atoms with E-state index in [4.69, 9.17) is 10.5 Å². The van der Waals surface area contributed by atoms with Gasteiger partial charge in [-0.2, -0.15) is 0 Å². The van der Waals surface area contributed by atoms with E-state index in [1.165, 1.54) is 0 Å². The molecule has 4 nitrogen and oxygen atoms in total. The van der Waals surface area contributed by atoms with E-state index in [-0.39, 0.29) is 5.91 Å². The Labute approximate surface area is 124 Å². The molecule has 2 aromatic carbocycles. The van der Waals surface area contributed by atoms with Gasteiger partial charge in [0.2, 0.25) is 5.91 Å². The lowest BCUT2D eigenvalue weighted by molar-refractivity contribution is -0.117. The van der Waals surface area contributed by atoms with Crippen molar-refractivity contribution < 1.29 is 9.53 Å². The lowest BCUT2D eigenvalue weighted by Crippen LogP contribution is -2.31. The Morgan fingerprint density at radius 1 is 1.10 bits per heavy atom. The molecule has 2 N–H and O–H groups in total. The highest BCUT2D eigenvalue weighted by atomic mass is 16.5. The molecule has 0 atom stereocenters. The van der Waals surface area contributed by atoms with Crippen LogP contribution >= 0.6 is 0 Å². The molecule has 2 aromatic rings. The van der Waals surface area contributed by atoms with Gasteiger partial charge in [-0.25, -0.2) is 0 Å². The maximum atomic E-state index is 12.0. The van der Waals surface area contributed by atoms with Crippen LogP contribution in [0.2, 0.25) is 0 Å². The number of rotatable bonds is 5. The fourth-order valence-electron chi connectivity index (χ4n) is 2.54. The van der Waals surface area contributed by atoms with Gasteiger partial charge in [0.25, 0.3) is 0 Å². The minimum Gasteiger partial charge on any atom is -0.492 e. The molecule has 4 heteroatoms. The molecule has 0 saturated heterocycles. The Hall–Kier alpha value is -2.33. The number of hydrogen-bond donors (Lipinski definition) is 1. The quantitative estimate of drug-likeness (QED) is 0.914. The zero-order valence-corrected chi connectivity index (χ0v) is 11.8. The number of anilines is 1. The van der Waals surface area contributed by atoms with E-state index in [1.807, 2.05) is 48.5 Å². The summed E-state index contributed by atoms with van der Waals surface area (Å²) in [6.45, 7) is 1.57. The molecule has 108 valence electrons. The lowest BCUT2D eigenvalue weighted by atomic mass is 10.2. The highest BCUT2D eigenvalue weighted by Crippen LogP contribution is 2.27. The van der Waals surface area contributed by atoms with Gasteiger partial charge in [-0.05, 0) is 29.3 Å². The van der Waals surface area contributed by atoms with E-state index in [0.717, 1.165) is 22.6 Å². The second kappa shape index (κ2) is 5.97. The molecule has 21 heavy (non-hydrogen) atoms. The molecule has 1 amide bonds.